The summed E-state index contributed by atoms with van der Waals surface area (Å²) >= 11 is 0. The Morgan fingerprint density at radius 3 is 0.704 bits per heavy atom. The van der Waals surface area contributed by atoms with Crippen LogP contribution in [0.3, 0.4) is 0 Å². The highest BCUT2D eigenvalue weighted by Crippen LogP contribution is 2.45. The highest BCUT2D eigenvalue weighted by molar-refractivity contribution is 7.47. The SMILES string of the molecule is CCCCCCCCCCCCCCC(=O)OC[C@H](COP(=O)(O)OC[C@H](O)COP(=O)(O)OC[C@@H](COC(=O)CCCCCCCCCCCCCCCCC(C)CC)OC(=O)CCCCCCCCCCCCCCCCCCCCC(C)C)OC(=O)CCCCCCCCCCCCCCCCC(C)C. The first kappa shape index (κ1) is 106. The topological polar surface area (TPSA) is 237 Å². The van der Waals surface area contributed by atoms with Gasteiger partial charge in [0.2, 0.25) is 0 Å². The number of phosphoric ester groups is 2. The molecule has 0 amide bonds. The van der Waals surface area contributed by atoms with Gasteiger partial charge in [0.15, 0.2) is 12.2 Å². The van der Waals surface area contributed by atoms with Crippen LogP contribution in [0.5, 0.6) is 0 Å². The minimum atomic E-state index is -4.97. The molecule has 19 heteroatoms. The van der Waals surface area contributed by atoms with Gasteiger partial charge in [0.1, 0.15) is 19.3 Å². The molecule has 642 valence electrons. The van der Waals surface area contributed by atoms with E-state index in [9.17, 15) is 43.2 Å². The van der Waals surface area contributed by atoms with Crippen molar-refractivity contribution in [3.05, 3.63) is 0 Å². The fourth-order valence-corrected chi connectivity index (χ4v) is 15.4. The number of aliphatic hydroxyl groups is 1. The van der Waals surface area contributed by atoms with Crippen molar-refractivity contribution in [2.75, 3.05) is 39.6 Å². The third-order valence-electron chi connectivity index (χ3n) is 21.2. The molecule has 3 N–H and O–H groups in total. The number of carbonyl (C=O) groups excluding carboxylic acids is 4. The number of unbranched alkanes of at least 4 members (excludes halogenated alkanes) is 54. The zero-order chi connectivity index (χ0) is 79.3. The van der Waals surface area contributed by atoms with Gasteiger partial charge in [-0.25, -0.2) is 9.13 Å². The Kier molecular flexibility index (Phi) is 77.5. The first-order valence-electron chi connectivity index (χ1n) is 45.9. The Labute approximate surface area is 664 Å². The normalized spacial score (nSPS) is 14.1. The summed E-state index contributed by atoms with van der Waals surface area (Å²) < 4.78 is 69.0. The Hall–Kier alpha value is -1.94. The van der Waals surface area contributed by atoms with E-state index in [0.29, 0.717) is 25.7 Å². The van der Waals surface area contributed by atoms with Crippen molar-refractivity contribution >= 4 is 39.5 Å². The third kappa shape index (κ3) is 80.7. The molecule has 0 aromatic rings. The van der Waals surface area contributed by atoms with Crippen LogP contribution < -0.4 is 0 Å². The monoisotopic (exact) mass is 1580 g/mol. The molecule has 0 fully saturated rings. The molecule has 0 heterocycles. The molecule has 3 unspecified atom stereocenters. The molecular formula is C89H174O17P2. The predicted molar refractivity (Wildman–Crippen MR) is 446 cm³/mol. The third-order valence-corrected chi connectivity index (χ3v) is 23.1. The number of carbonyl (C=O) groups is 4. The summed E-state index contributed by atoms with van der Waals surface area (Å²) in [4.78, 5) is 73.4. The lowest BCUT2D eigenvalue weighted by atomic mass is 9.99. The average Bonchev–Trinajstić information content (AvgIpc) is 0.901. The van der Waals surface area contributed by atoms with Crippen molar-refractivity contribution in [3.8, 4) is 0 Å². The molecule has 6 atom stereocenters. The minimum absolute atomic E-state index is 0.108. The van der Waals surface area contributed by atoms with Crippen LogP contribution in [-0.4, -0.2) is 96.7 Å². The zero-order valence-corrected chi connectivity index (χ0v) is 73.1. The average molecular weight is 1580 g/mol. The zero-order valence-electron chi connectivity index (χ0n) is 71.3. The van der Waals surface area contributed by atoms with E-state index >= 15 is 0 Å². The molecule has 0 radical (unpaired) electrons. The summed E-state index contributed by atoms with van der Waals surface area (Å²) in [6.45, 7) is 12.1. The number of phosphoric acid groups is 2. The minimum Gasteiger partial charge on any atom is -0.462 e. The number of ether oxygens (including phenoxy) is 4. The van der Waals surface area contributed by atoms with Gasteiger partial charge in [0, 0.05) is 25.7 Å². The van der Waals surface area contributed by atoms with Gasteiger partial charge in [0.25, 0.3) is 0 Å². The number of rotatable bonds is 87. The lowest BCUT2D eigenvalue weighted by Crippen LogP contribution is -2.30. The van der Waals surface area contributed by atoms with Gasteiger partial charge in [-0.1, -0.05) is 421 Å². The molecule has 0 aromatic heterocycles. The Bertz CT molecular complexity index is 2080. The van der Waals surface area contributed by atoms with Crippen molar-refractivity contribution in [1.29, 1.82) is 0 Å². The maximum atomic E-state index is 13.2. The molecule has 0 saturated heterocycles. The second-order valence-corrected chi connectivity index (χ2v) is 36.1. The highest BCUT2D eigenvalue weighted by atomic mass is 31.2. The maximum absolute atomic E-state index is 13.2. The molecule has 0 saturated carbocycles. The first-order valence-corrected chi connectivity index (χ1v) is 48.9. The van der Waals surface area contributed by atoms with Gasteiger partial charge in [-0.15, -0.1) is 0 Å². The Morgan fingerprint density at radius 2 is 0.472 bits per heavy atom. The molecule has 0 aromatic carbocycles. The Morgan fingerprint density at radius 1 is 0.269 bits per heavy atom. The maximum Gasteiger partial charge on any atom is 0.472 e. The molecule has 0 bridgehead atoms. The van der Waals surface area contributed by atoms with Crippen molar-refractivity contribution < 1.29 is 80.2 Å². The van der Waals surface area contributed by atoms with E-state index in [2.05, 4.69) is 48.5 Å². The van der Waals surface area contributed by atoms with Gasteiger partial charge >= 0.3 is 39.5 Å². The van der Waals surface area contributed by atoms with Crippen LogP contribution in [-0.2, 0) is 65.4 Å². The fourth-order valence-electron chi connectivity index (χ4n) is 13.9. The fraction of sp³-hybridized carbons (Fsp3) is 0.955. The van der Waals surface area contributed by atoms with E-state index in [1.165, 1.54) is 283 Å². The van der Waals surface area contributed by atoms with Crippen LogP contribution in [0.25, 0.3) is 0 Å². The van der Waals surface area contributed by atoms with E-state index in [1.807, 2.05) is 0 Å². The standard InChI is InChI=1S/C89H174O17P2/c1-8-10-11-12-13-14-15-35-42-49-56-63-70-86(91)99-76-84(105-89(94)73-66-59-52-45-38-31-24-22-27-33-40-47-54-61-68-81(5)6)78-103-107(95,96)101-74-83(90)75-102-108(97,98)104-79-85(77-100-87(92)71-64-57-50-43-36-29-25-23-28-34-41-48-55-62-69-82(7)9-2)106-88(93)72-65-58-51-44-37-30-21-19-17-16-18-20-26-32-39-46-53-60-67-80(3)4/h80-85,90H,8-79H2,1-7H3,(H,95,96)(H,97,98)/t82?,83-,84+,85+/m0/s1. The van der Waals surface area contributed by atoms with Gasteiger partial charge in [0.05, 0.1) is 26.4 Å². The summed E-state index contributed by atoms with van der Waals surface area (Å²) in [7, 11) is -9.93. The van der Waals surface area contributed by atoms with Crippen LogP contribution in [0.1, 0.15) is 472 Å². The summed E-state index contributed by atoms with van der Waals surface area (Å²) in [6.07, 6.45) is 70.7. The van der Waals surface area contributed by atoms with E-state index in [4.69, 9.17) is 37.0 Å². The van der Waals surface area contributed by atoms with Gasteiger partial charge in [-0.3, -0.25) is 37.3 Å². The summed E-state index contributed by atoms with van der Waals surface area (Å²) in [5.41, 5.74) is 0. The number of hydrogen-bond donors (Lipinski definition) is 3. The molecule has 0 aliphatic carbocycles. The molecule has 0 aliphatic heterocycles. The van der Waals surface area contributed by atoms with Crippen LogP contribution >= 0.6 is 15.6 Å². The summed E-state index contributed by atoms with van der Waals surface area (Å²) in [5.74, 6) is 0.367. The van der Waals surface area contributed by atoms with Crippen molar-refractivity contribution in [2.45, 2.75) is 491 Å². The van der Waals surface area contributed by atoms with Gasteiger partial charge < -0.3 is 33.8 Å². The van der Waals surface area contributed by atoms with Gasteiger partial charge in [-0.05, 0) is 43.4 Å². The summed E-state index contributed by atoms with van der Waals surface area (Å²) in [6, 6.07) is 0. The smallest absolute Gasteiger partial charge is 0.462 e. The molecular weight excluding hydrogens is 1400 g/mol. The van der Waals surface area contributed by atoms with Crippen molar-refractivity contribution in [2.24, 2.45) is 17.8 Å². The largest absolute Gasteiger partial charge is 0.472 e. The number of esters is 4. The molecule has 0 spiro atoms. The summed E-state index contributed by atoms with van der Waals surface area (Å²) in [5, 5.41) is 10.7. The number of hydrogen-bond acceptors (Lipinski definition) is 15. The second-order valence-electron chi connectivity index (χ2n) is 33.2. The second kappa shape index (κ2) is 78.9. The van der Waals surface area contributed by atoms with Crippen molar-refractivity contribution in [3.63, 3.8) is 0 Å². The van der Waals surface area contributed by atoms with Crippen LogP contribution in [0.4, 0.5) is 0 Å². The van der Waals surface area contributed by atoms with E-state index in [-0.39, 0.29) is 25.7 Å². The van der Waals surface area contributed by atoms with E-state index in [1.54, 1.807) is 0 Å². The van der Waals surface area contributed by atoms with Crippen LogP contribution in [0, 0.1) is 17.8 Å². The quantitative estimate of drug-likeness (QED) is 0.0222. The lowest BCUT2D eigenvalue weighted by Gasteiger charge is -2.21. The Balaban J connectivity index is 5.26. The van der Waals surface area contributed by atoms with Crippen molar-refractivity contribution in [1.82, 2.24) is 0 Å². The van der Waals surface area contributed by atoms with Crippen LogP contribution in [0.15, 0.2) is 0 Å². The van der Waals surface area contributed by atoms with E-state index in [0.717, 1.165) is 108 Å². The lowest BCUT2D eigenvalue weighted by molar-refractivity contribution is -0.161. The molecule has 0 rings (SSSR count). The predicted octanol–water partition coefficient (Wildman–Crippen LogP) is 27.3. The highest BCUT2D eigenvalue weighted by Gasteiger charge is 2.31. The number of aliphatic hydroxyl groups excluding tert-OH is 1. The molecule has 108 heavy (non-hydrogen) atoms. The van der Waals surface area contributed by atoms with Gasteiger partial charge in [-0.2, -0.15) is 0 Å². The van der Waals surface area contributed by atoms with E-state index < -0.39 is 97.5 Å². The molecule has 17 nitrogen and oxygen atoms in total. The molecule has 0 aliphatic rings. The first-order chi connectivity index (χ1) is 52.3. The van der Waals surface area contributed by atoms with Crippen LogP contribution in [0.2, 0.25) is 0 Å².